The van der Waals surface area contributed by atoms with Crippen LogP contribution in [-0.4, -0.2) is 32.7 Å². The molecule has 0 unspecified atom stereocenters. The lowest BCUT2D eigenvalue weighted by molar-refractivity contribution is 0.266. The molecule has 0 spiro atoms. The van der Waals surface area contributed by atoms with Crippen LogP contribution in [0.4, 0.5) is 5.69 Å². The Kier molecular flexibility index (Phi) is 3.11. The van der Waals surface area contributed by atoms with Crippen molar-refractivity contribution in [2.45, 2.75) is 23.3 Å². The van der Waals surface area contributed by atoms with E-state index in [9.17, 15) is 13.5 Å². The largest absolute Gasteiger partial charge is 0.394 e. The number of hydrogen-bond donors (Lipinski definition) is 3. The second-order valence-corrected chi connectivity index (χ2v) is 6.18. The van der Waals surface area contributed by atoms with E-state index in [0.29, 0.717) is 0 Å². The van der Waals surface area contributed by atoms with Crippen LogP contribution in [0, 0.1) is 0 Å². The van der Waals surface area contributed by atoms with Gasteiger partial charge < -0.3 is 10.4 Å². The summed E-state index contributed by atoms with van der Waals surface area (Å²) in [7, 11) is -1.99. The number of benzene rings is 1. The number of aliphatic hydroxyl groups excluding tert-OH is 1. The van der Waals surface area contributed by atoms with Crippen molar-refractivity contribution in [3.63, 3.8) is 0 Å². The van der Waals surface area contributed by atoms with E-state index in [-0.39, 0.29) is 17.0 Å². The fourth-order valence-electron chi connectivity index (χ4n) is 1.61. The van der Waals surface area contributed by atoms with E-state index < -0.39 is 10.0 Å². The molecule has 0 aliphatic heterocycles. The quantitative estimate of drug-likeness (QED) is 0.718. The fraction of sp³-hybridized carbons (Fsp3) is 0.455. The number of nitrogens with one attached hydrogen (secondary N) is 2. The zero-order valence-electron chi connectivity index (χ0n) is 9.60. The summed E-state index contributed by atoms with van der Waals surface area (Å²) in [4.78, 5) is 0.236. The maximum Gasteiger partial charge on any atom is 0.240 e. The predicted molar refractivity (Wildman–Crippen MR) is 65.4 cm³/mol. The fourth-order valence-corrected chi connectivity index (χ4v) is 2.35. The molecular formula is C11H16N2O3S. The Labute approximate surface area is 101 Å². The van der Waals surface area contributed by atoms with Gasteiger partial charge in [0.2, 0.25) is 10.0 Å². The third-order valence-corrected chi connectivity index (χ3v) is 4.43. The van der Waals surface area contributed by atoms with Crippen molar-refractivity contribution in [2.24, 2.45) is 0 Å². The minimum absolute atomic E-state index is 0.101. The van der Waals surface area contributed by atoms with Gasteiger partial charge >= 0.3 is 0 Å². The molecule has 1 aromatic rings. The average Bonchev–Trinajstić information content (AvgIpc) is 3.10. The van der Waals surface area contributed by atoms with Crippen LogP contribution >= 0.6 is 0 Å². The molecule has 0 radical (unpaired) electrons. The summed E-state index contributed by atoms with van der Waals surface area (Å²) in [6.07, 6.45) is 1.89. The van der Waals surface area contributed by atoms with E-state index in [2.05, 4.69) is 10.0 Å². The molecule has 1 saturated carbocycles. The first-order valence-corrected chi connectivity index (χ1v) is 6.92. The van der Waals surface area contributed by atoms with Crippen molar-refractivity contribution < 1.29 is 13.5 Å². The molecule has 3 N–H and O–H groups in total. The van der Waals surface area contributed by atoms with Crippen LogP contribution in [0.25, 0.3) is 0 Å². The highest BCUT2D eigenvalue weighted by Gasteiger charge is 2.41. The lowest BCUT2D eigenvalue weighted by Gasteiger charge is -2.15. The Hall–Kier alpha value is -1.11. The van der Waals surface area contributed by atoms with Crippen LogP contribution in [0.3, 0.4) is 0 Å². The summed E-state index contributed by atoms with van der Waals surface area (Å²) in [5, 5.41) is 12.4. The highest BCUT2D eigenvalue weighted by atomic mass is 32.2. The molecule has 1 aliphatic rings. The van der Waals surface area contributed by atoms with Crippen molar-refractivity contribution in [1.82, 2.24) is 4.72 Å². The third-order valence-electron chi connectivity index (χ3n) is 3.00. The van der Waals surface area contributed by atoms with Crippen LogP contribution < -0.4 is 10.0 Å². The molecule has 0 bridgehead atoms. The Bertz CT molecular complexity index is 492. The van der Waals surface area contributed by atoms with Crippen molar-refractivity contribution in [3.8, 4) is 0 Å². The minimum Gasteiger partial charge on any atom is -0.394 e. The SMILES string of the molecule is CNS(=O)(=O)c1ccc(NC2(CO)CC2)cc1. The van der Waals surface area contributed by atoms with E-state index in [1.54, 1.807) is 24.3 Å². The van der Waals surface area contributed by atoms with Gasteiger partial charge in [0.1, 0.15) is 0 Å². The molecule has 6 heteroatoms. The van der Waals surface area contributed by atoms with Gasteiger partial charge in [-0.2, -0.15) is 0 Å². The third kappa shape index (κ3) is 2.59. The van der Waals surface area contributed by atoms with Crippen LogP contribution in [0.2, 0.25) is 0 Å². The Morgan fingerprint density at radius 3 is 2.29 bits per heavy atom. The molecule has 0 amide bonds. The number of anilines is 1. The smallest absolute Gasteiger partial charge is 0.240 e. The van der Waals surface area contributed by atoms with E-state index >= 15 is 0 Å². The maximum absolute atomic E-state index is 11.5. The molecule has 0 heterocycles. The summed E-state index contributed by atoms with van der Waals surface area (Å²) < 4.78 is 25.2. The number of aliphatic hydroxyl groups is 1. The van der Waals surface area contributed by atoms with Crippen LogP contribution in [0.5, 0.6) is 0 Å². The molecule has 0 atom stereocenters. The van der Waals surface area contributed by atoms with Gasteiger partial charge in [-0.3, -0.25) is 0 Å². The zero-order valence-corrected chi connectivity index (χ0v) is 10.4. The Morgan fingerprint density at radius 2 is 1.88 bits per heavy atom. The van der Waals surface area contributed by atoms with Gasteiger partial charge in [-0.15, -0.1) is 0 Å². The second-order valence-electron chi connectivity index (χ2n) is 4.30. The molecule has 5 nitrogen and oxygen atoms in total. The molecule has 94 valence electrons. The Morgan fingerprint density at radius 1 is 1.29 bits per heavy atom. The standard InChI is InChI=1S/C11H16N2O3S/c1-12-17(15,16)10-4-2-9(3-5-10)13-11(8-14)6-7-11/h2-5,12-14H,6-8H2,1H3. The lowest BCUT2D eigenvalue weighted by atomic mass is 10.2. The number of sulfonamides is 1. The molecule has 1 fully saturated rings. The summed E-state index contributed by atoms with van der Waals surface area (Å²) in [5.74, 6) is 0. The van der Waals surface area contributed by atoms with Crippen LogP contribution in [0.15, 0.2) is 29.2 Å². The summed E-state index contributed by atoms with van der Waals surface area (Å²) in [6.45, 7) is 0.101. The van der Waals surface area contributed by atoms with Gasteiger partial charge in [-0.25, -0.2) is 13.1 Å². The van der Waals surface area contributed by atoms with E-state index in [1.165, 1.54) is 7.05 Å². The van der Waals surface area contributed by atoms with Gasteiger partial charge in [-0.1, -0.05) is 0 Å². The van der Waals surface area contributed by atoms with Gasteiger partial charge in [0.25, 0.3) is 0 Å². The summed E-state index contributed by atoms with van der Waals surface area (Å²) in [5.41, 5.74) is 0.634. The lowest BCUT2D eigenvalue weighted by Crippen LogP contribution is -2.25. The van der Waals surface area contributed by atoms with E-state index in [0.717, 1.165) is 18.5 Å². The Balaban J connectivity index is 2.14. The second kappa shape index (κ2) is 4.29. The normalized spacial score (nSPS) is 17.8. The van der Waals surface area contributed by atoms with Gasteiger partial charge in [0, 0.05) is 5.69 Å². The highest BCUT2D eigenvalue weighted by Crippen LogP contribution is 2.38. The van der Waals surface area contributed by atoms with E-state index in [4.69, 9.17) is 0 Å². The van der Waals surface area contributed by atoms with Crippen LogP contribution in [0.1, 0.15) is 12.8 Å². The first kappa shape index (κ1) is 12.3. The molecule has 17 heavy (non-hydrogen) atoms. The summed E-state index contributed by atoms with van der Waals surface area (Å²) in [6, 6.07) is 6.50. The van der Waals surface area contributed by atoms with Gasteiger partial charge in [0.15, 0.2) is 0 Å². The van der Waals surface area contributed by atoms with Crippen molar-refractivity contribution in [2.75, 3.05) is 19.0 Å². The molecule has 0 saturated heterocycles. The molecule has 2 rings (SSSR count). The van der Waals surface area contributed by atoms with Crippen molar-refractivity contribution in [3.05, 3.63) is 24.3 Å². The number of rotatable bonds is 5. The molecule has 0 aromatic heterocycles. The predicted octanol–water partition coefficient (Wildman–Crippen LogP) is 0.531. The molecule has 1 aromatic carbocycles. The first-order valence-electron chi connectivity index (χ1n) is 5.44. The average molecular weight is 256 g/mol. The zero-order chi connectivity index (χ0) is 12.5. The molecular weight excluding hydrogens is 240 g/mol. The summed E-state index contributed by atoms with van der Waals surface area (Å²) >= 11 is 0. The maximum atomic E-state index is 11.5. The number of hydrogen-bond acceptors (Lipinski definition) is 4. The highest BCUT2D eigenvalue weighted by molar-refractivity contribution is 7.89. The van der Waals surface area contributed by atoms with Crippen LogP contribution in [-0.2, 0) is 10.0 Å². The monoisotopic (exact) mass is 256 g/mol. The first-order chi connectivity index (χ1) is 8.01. The van der Waals surface area contributed by atoms with Crippen molar-refractivity contribution >= 4 is 15.7 Å². The van der Waals surface area contributed by atoms with E-state index in [1.807, 2.05) is 0 Å². The molecule has 1 aliphatic carbocycles. The minimum atomic E-state index is -3.38. The topological polar surface area (TPSA) is 78.4 Å². The van der Waals surface area contributed by atoms with Gasteiger partial charge in [0.05, 0.1) is 17.0 Å². The van der Waals surface area contributed by atoms with Crippen molar-refractivity contribution in [1.29, 1.82) is 0 Å². The van der Waals surface area contributed by atoms with Gasteiger partial charge in [-0.05, 0) is 44.2 Å².